The minimum Gasteiger partial charge on any atom is -0.381 e. The number of carbonyl (C=O) groups is 1. The Morgan fingerprint density at radius 2 is 2.20 bits per heavy atom. The summed E-state index contributed by atoms with van der Waals surface area (Å²) >= 11 is 8.58. The molecule has 0 radical (unpaired) electrons. The first-order valence-corrected chi connectivity index (χ1v) is 11.4. The van der Waals surface area contributed by atoms with Gasteiger partial charge < -0.3 is 19.2 Å². The van der Waals surface area contributed by atoms with E-state index in [4.69, 9.17) is 17.0 Å². The van der Waals surface area contributed by atoms with Crippen LogP contribution in [0.15, 0.2) is 16.6 Å². The zero-order valence-corrected chi connectivity index (χ0v) is 18.8. The van der Waals surface area contributed by atoms with Gasteiger partial charge in [0.05, 0.1) is 17.5 Å². The highest BCUT2D eigenvalue weighted by Crippen LogP contribution is 2.39. The lowest BCUT2D eigenvalue weighted by molar-refractivity contribution is -0.129. The summed E-state index contributed by atoms with van der Waals surface area (Å²) in [5.74, 6) is -1.42. The summed E-state index contributed by atoms with van der Waals surface area (Å²) in [7, 11) is 0. The van der Waals surface area contributed by atoms with Gasteiger partial charge in [0.2, 0.25) is 5.91 Å². The number of likely N-dealkylation sites (tertiary alicyclic amines) is 1. The fraction of sp³-hybridized carbons (Fsp3) is 0.524. The minimum absolute atomic E-state index is 0.0571. The summed E-state index contributed by atoms with van der Waals surface area (Å²) in [4.78, 5) is 18.0. The predicted molar refractivity (Wildman–Crippen MR) is 113 cm³/mol. The molecule has 1 aromatic carbocycles. The Morgan fingerprint density at radius 1 is 1.37 bits per heavy atom. The molecule has 1 amide bonds. The molecule has 160 valence electrons. The number of fused-ring (bicyclic) bond motifs is 1. The van der Waals surface area contributed by atoms with Crippen LogP contribution >= 0.6 is 28.1 Å². The number of rotatable bonds is 3. The van der Waals surface area contributed by atoms with E-state index in [0.717, 1.165) is 50.5 Å². The number of benzene rings is 1. The maximum absolute atomic E-state index is 14.6. The van der Waals surface area contributed by atoms with Gasteiger partial charge in [-0.2, -0.15) is 0 Å². The van der Waals surface area contributed by atoms with E-state index in [2.05, 4.69) is 20.9 Å². The number of aromatic nitrogens is 2. The van der Waals surface area contributed by atoms with E-state index >= 15 is 0 Å². The van der Waals surface area contributed by atoms with Crippen molar-refractivity contribution in [2.24, 2.45) is 5.41 Å². The average Bonchev–Trinajstić information content (AvgIpc) is 3.48. The Hall–Kier alpha value is -1.58. The van der Waals surface area contributed by atoms with Gasteiger partial charge in [-0.3, -0.25) is 4.79 Å². The van der Waals surface area contributed by atoms with Gasteiger partial charge in [-0.15, -0.1) is 0 Å². The first kappa shape index (κ1) is 20.3. The largest absolute Gasteiger partial charge is 0.381 e. The lowest BCUT2D eigenvalue weighted by Gasteiger charge is -2.22. The molecule has 1 N–H and O–H groups in total. The normalized spacial score (nSPS) is 25.4. The van der Waals surface area contributed by atoms with Gasteiger partial charge >= 0.3 is 0 Å². The van der Waals surface area contributed by atoms with Crippen molar-refractivity contribution in [2.45, 2.75) is 38.1 Å². The summed E-state index contributed by atoms with van der Waals surface area (Å²) in [5.41, 5.74) is 1.82. The van der Waals surface area contributed by atoms with Crippen molar-refractivity contribution in [3.05, 3.63) is 50.0 Å². The van der Waals surface area contributed by atoms with E-state index in [9.17, 15) is 13.6 Å². The van der Waals surface area contributed by atoms with Crippen LogP contribution in [0.4, 0.5) is 8.78 Å². The Kier molecular flexibility index (Phi) is 5.10. The molecule has 3 aliphatic heterocycles. The minimum atomic E-state index is -0.570. The van der Waals surface area contributed by atoms with Gasteiger partial charge in [0.25, 0.3) is 0 Å². The number of hydrogen-bond acceptors (Lipinski definition) is 3. The molecule has 1 aromatic heterocycles. The number of halogens is 3. The van der Waals surface area contributed by atoms with Gasteiger partial charge in [0.15, 0.2) is 4.77 Å². The molecule has 2 saturated heterocycles. The molecule has 1 spiro atoms. The number of nitrogens with zero attached hydrogens (tertiary/aromatic N) is 2. The Morgan fingerprint density at radius 3 is 2.97 bits per heavy atom. The summed E-state index contributed by atoms with van der Waals surface area (Å²) in [5, 5.41) is 0. The lowest BCUT2D eigenvalue weighted by atomic mass is 9.87. The summed E-state index contributed by atoms with van der Waals surface area (Å²) in [6.45, 7) is 3.38. The molecule has 30 heavy (non-hydrogen) atoms. The molecule has 4 heterocycles. The molecule has 5 nitrogen and oxygen atoms in total. The molecule has 0 saturated carbocycles. The maximum atomic E-state index is 14.6. The first-order valence-electron chi connectivity index (χ1n) is 10.2. The van der Waals surface area contributed by atoms with Gasteiger partial charge in [-0.1, -0.05) is 0 Å². The van der Waals surface area contributed by atoms with Crippen molar-refractivity contribution in [3.63, 3.8) is 0 Å². The van der Waals surface area contributed by atoms with E-state index in [-0.39, 0.29) is 33.7 Å². The van der Waals surface area contributed by atoms with E-state index in [1.807, 2.05) is 9.47 Å². The first-order chi connectivity index (χ1) is 14.4. The van der Waals surface area contributed by atoms with Gasteiger partial charge in [-0.05, 0) is 59.5 Å². The smallest absolute Gasteiger partial charge is 0.228 e. The standard InChI is InChI=1S/C21H22BrF2N3O2S/c22-13-1-2-14(23)18(19(13)24)12-7-16-15(25-20(30)27(16)9-12)8-17(28)26-5-3-21(10-26)4-6-29-11-21/h1-2,12H,3-11H2,(H,25,30). The van der Waals surface area contributed by atoms with Crippen LogP contribution in [-0.4, -0.2) is 46.7 Å². The third-order valence-electron chi connectivity index (χ3n) is 6.81. The quantitative estimate of drug-likeness (QED) is 0.512. The van der Waals surface area contributed by atoms with Crippen LogP contribution < -0.4 is 0 Å². The second-order valence-corrected chi connectivity index (χ2v) is 9.91. The van der Waals surface area contributed by atoms with Gasteiger partial charge in [0.1, 0.15) is 11.6 Å². The third-order valence-corrected chi connectivity index (χ3v) is 7.75. The van der Waals surface area contributed by atoms with Gasteiger partial charge in [-0.25, -0.2) is 8.78 Å². The molecule has 9 heteroatoms. The van der Waals surface area contributed by atoms with E-state index in [0.29, 0.717) is 17.7 Å². The molecule has 2 atom stereocenters. The summed E-state index contributed by atoms with van der Waals surface area (Å²) in [6, 6.07) is 2.65. The second kappa shape index (κ2) is 7.53. The molecule has 2 aromatic rings. The Bertz CT molecular complexity index is 1080. The van der Waals surface area contributed by atoms with Crippen molar-refractivity contribution in [3.8, 4) is 0 Å². The molecule has 2 fully saturated rings. The highest BCUT2D eigenvalue weighted by Gasteiger charge is 2.43. The van der Waals surface area contributed by atoms with Crippen molar-refractivity contribution >= 4 is 34.1 Å². The van der Waals surface area contributed by atoms with Crippen LogP contribution in [0.5, 0.6) is 0 Å². The molecular formula is C21H22BrF2N3O2S. The van der Waals surface area contributed by atoms with Crippen molar-refractivity contribution in [2.75, 3.05) is 26.3 Å². The van der Waals surface area contributed by atoms with Crippen molar-refractivity contribution in [1.82, 2.24) is 14.5 Å². The molecule has 3 aliphatic rings. The highest BCUT2D eigenvalue weighted by atomic mass is 79.9. The number of carbonyl (C=O) groups excluding carboxylic acids is 1. The molecule has 0 bridgehead atoms. The third kappa shape index (κ3) is 3.35. The maximum Gasteiger partial charge on any atom is 0.228 e. The summed E-state index contributed by atoms with van der Waals surface area (Å²) in [6.07, 6.45) is 2.65. The highest BCUT2D eigenvalue weighted by molar-refractivity contribution is 9.10. The van der Waals surface area contributed by atoms with Crippen LogP contribution in [0.1, 0.15) is 35.7 Å². The SMILES string of the molecule is O=C(Cc1[nH]c(=S)n2c1CC(c1c(F)ccc(Br)c1F)C2)N1CCC2(CCOC2)C1. The fourth-order valence-corrected chi connectivity index (χ4v) is 5.79. The van der Waals surface area contributed by atoms with Crippen LogP contribution in [0.25, 0.3) is 0 Å². The molecular weight excluding hydrogens is 476 g/mol. The fourth-order valence-electron chi connectivity index (χ4n) is 5.14. The molecule has 5 rings (SSSR count). The van der Waals surface area contributed by atoms with Crippen LogP contribution in [0, 0.1) is 21.8 Å². The second-order valence-electron chi connectivity index (χ2n) is 8.67. The number of amides is 1. The number of H-pyrrole nitrogens is 1. The van der Waals surface area contributed by atoms with Crippen LogP contribution in [0.2, 0.25) is 0 Å². The van der Waals surface area contributed by atoms with Crippen LogP contribution in [0.3, 0.4) is 0 Å². The average molecular weight is 498 g/mol. The van der Waals surface area contributed by atoms with E-state index < -0.39 is 11.6 Å². The summed E-state index contributed by atoms with van der Waals surface area (Å²) < 4.78 is 37.2. The zero-order chi connectivity index (χ0) is 21.0. The van der Waals surface area contributed by atoms with E-state index in [1.54, 1.807) is 0 Å². The van der Waals surface area contributed by atoms with Crippen LogP contribution in [-0.2, 0) is 28.9 Å². The topological polar surface area (TPSA) is 50.3 Å². The molecule has 2 unspecified atom stereocenters. The number of imidazole rings is 1. The van der Waals surface area contributed by atoms with Crippen molar-refractivity contribution < 1.29 is 18.3 Å². The monoisotopic (exact) mass is 497 g/mol. The van der Waals surface area contributed by atoms with Gasteiger partial charge in [0, 0.05) is 54.5 Å². The Labute approximate surface area is 186 Å². The number of hydrogen-bond donors (Lipinski definition) is 1. The number of nitrogens with one attached hydrogen (secondary N) is 1. The number of ether oxygens (including phenoxy) is 1. The number of aromatic amines is 1. The van der Waals surface area contributed by atoms with Crippen molar-refractivity contribution in [1.29, 1.82) is 0 Å². The molecule has 0 aliphatic carbocycles. The Balaban J connectivity index is 1.35. The van der Waals surface area contributed by atoms with E-state index in [1.165, 1.54) is 12.1 Å². The zero-order valence-electron chi connectivity index (χ0n) is 16.3. The lowest BCUT2D eigenvalue weighted by Crippen LogP contribution is -2.33. The predicted octanol–water partition coefficient (Wildman–Crippen LogP) is 4.11.